The molecule has 0 amide bonds. The summed E-state index contributed by atoms with van der Waals surface area (Å²) < 4.78 is 5.60. The van der Waals surface area contributed by atoms with E-state index >= 15 is 0 Å². The third kappa shape index (κ3) is 3.11. The second-order valence-electron chi connectivity index (χ2n) is 6.39. The Morgan fingerprint density at radius 3 is 2.78 bits per heavy atom. The fourth-order valence-corrected chi connectivity index (χ4v) is 3.62. The van der Waals surface area contributed by atoms with E-state index < -0.39 is 0 Å². The molecule has 18 heavy (non-hydrogen) atoms. The van der Waals surface area contributed by atoms with E-state index in [9.17, 15) is 0 Å². The maximum absolute atomic E-state index is 5.60. The van der Waals surface area contributed by atoms with E-state index in [1.807, 2.05) is 7.05 Å². The van der Waals surface area contributed by atoms with E-state index in [2.05, 4.69) is 31.5 Å². The molecule has 3 nitrogen and oxygen atoms in total. The number of hydrogen-bond donors (Lipinski definition) is 1. The molecule has 0 radical (unpaired) electrons. The molecule has 0 spiro atoms. The highest BCUT2D eigenvalue weighted by atomic mass is 32.1. The molecule has 2 rings (SSSR count). The molecule has 1 aliphatic heterocycles. The third-order valence-electron chi connectivity index (χ3n) is 3.58. The highest BCUT2D eigenvalue weighted by Gasteiger charge is 2.35. The van der Waals surface area contributed by atoms with Gasteiger partial charge < -0.3 is 10.1 Å². The number of aromatic nitrogens is 1. The lowest BCUT2D eigenvalue weighted by atomic mass is 9.84. The minimum absolute atomic E-state index is 0.150. The van der Waals surface area contributed by atoms with Gasteiger partial charge in [0.25, 0.3) is 0 Å². The van der Waals surface area contributed by atoms with Gasteiger partial charge in [0.2, 0.25) is 0 Å². The summed E-state index contributed by atoms with van der Waals surface area (Å²) in [7, 11) is 2.02. The van der Waals surface area contributed by atoms with E-state index in [0.29, 0.717) is 0 Å². The first kappa shape index (κ1) is 14.0. The van der Waals surface area contributed by atoms with Gasteiger partial charge in [0.05, 0.1) is 17.3 Å². The lowest BCUT2D eigenvalue weighted by molar-refractivity contribution is 0.150. The molecule has 102 valence electrons. The van der Waals surface area contributed by atoms with Gasteiger partial charge in [-0.1, -0.05) is 20.8 Å². The van der Waals surface area contributed by atoms with Gasteiger partial charge in [-0.05, 0) is 13.5 Å². The van der Waals surface area contributed by atoms with Gasteiger partial charge in [-0.2, -0.15) is 0 Å². The molecule has 1 unspecified atom stereocenters. The Bertz CT molecular complexity index is 389. The van der Waals surface area contributed by atoms with Gasteiger partial charge >= 0.3 is 0 Å². The molecule has 2 heterocycles. The molecular formula is C14H24N2OS. The van der Waals surface area contributed by atoms with Crippen LogP contribution in [-0.2, 0) is 16.6 Å². The van der Waals surface area contributed by atoms with Crippen LogP contribution in [0.25, 0.3) is 0 Å². The summed E-state index contributed by atoms with van der Waals surface area (Å²) in [5.74, 6) is 0. The van der Waals surface area contributed by atoms with Crippen molar-refractivity contribution in [2.24, 2.45) is 5.41 Å². The average Bonchev–Trinajstić information content (AvgIpc) is 2.88. The largest absolute Gasteiger partial charge is 0.381 e. The van der Waals surface area contributed by atoms with Crippen LogP contribution in [0.5, 0.6) is 0 Å². The lowest BCUT2D eigenvalue weighted by Gasteiger charge is -2.25. The number of ether oxygens (including phenoxy) is 1. The molecule has 0 bridgehead atoms. The highest BCUT2D eigenvalue weighted by Crippen LogP contribution is 2.34. The molecule has 0 aromatic carbocycles. The minimum Gasteiger partial charge on any atom is -0.381 e. The predicted molar refractivity (Wildman–Crippen MR) is 76.3 cm³/mol. The zero-order chi connectivity index (χ0) is 13.2. The maximum Gasteiger partial charge on any atom is 0.0935 e. The van der Waals surface area contributed by atoms with Gasteiger partial charge in [0, 0.05) is 35.8 Å². The Balaban J connectivity index is 2.10. The van der Waals surface area contributed by atoms with Crippen LogP contribution in [-0.4, -0.2) is 31.8 Å². The number of thiazole rings is 1. The molecular weight excluding hydrogens is 244 g/mol. The SMILES string of the molecule is CNCC1(Cc2nc(C(C)(C)C)cs2)CCOC1. The third-order valence-corrected chi connectivity index (χ3v) is 4.43. The van der Waals surface area contributed by atoms with Crippen LogP contribution in [0.4, 0.5) is 0 Å². The summed E-state index contributed by atoms with van der Waals surface area (Å²) in [5, 5.41) is 6.76. The van der Waals surface area contributed by atoms with Crippen LogP contribution in [0.15, 0.2) is 5.38 Å². The molecule has 1 aliphatic rings. The molecule has 0 saturated carbocycles. The zero-order valence-corrected chi connectivity index (χ0v) is 12.7. The van der Waals surface area contributed by atoms with Crippen LogP contribution in [0, 0.1) is 5.41 Å². The molecule has 1 aromatic heterocycles. The lowest BCUT2D eigenvalue weighted by Crippen LogP contribution is -2.35. The summed E-state index contributed by atoms with van der Waals surface area (Å²) in [4.78, 5) is 4.81. The van der Waals surface area contributed by atoms with Crippen molar-refractivity contribution < 1.29 is 4.74 Å². The minimum atomic E-state index is 0.150. The Morgan fingerprint density at radius 1 is 1.50 bits per heavy atom. The van der Waals surface area contributed by atoms with Crippen molar-refractivity contribution in [3.8, 4) is 0 Å². The standard InChI is InChI=1S/C14H24N2OS/c1-13(2,3)11-8-18-12(16-11)7-14(9-15-4)5-6-17-10-14/h8,15H,5-7,9-10H2,1-4H3. The van der Waals surface area contributed by atoms with Gasteiger partial charge in [-0.25, -0.2) is 4.98 Å². The first-order valence-electron chi connectivity index (χ1n) is 6.62. The van der Waals surface area contributed by atoms with Crippen molar-refractivity contribution in [3.05, 3.63) is 16.1 Å². The van der Waals surface area contributed by atoms with Crippen LogP contribution in [0.3, 0.4) is 0 Å². The fraction of sp³-hybridized carbons (Fsp3) is 0.786. The van der Waals surface area contributed by atoms with E-state index in [4.69, 9.17) is 9.72 Å². The molecule has 1 atom stereocenters. The molecule has 1 N–H and O–H groups in total. The predicted octanol–water partition coefficient (Wildman–Crippen LogP) is 2.61. The van der Waals surface area contributed by atoms with Gasteiger partial charge in [-0.15, -0.1) is 11.3 Å². The van der Waals surface area contributed by atoms with Gasteiger partial charge in [0.15, 0.2) is 0 Å². The Morgan fingerprint density at radius 2 is 2.28 bits per heavy atom. The van der Waals surface area contributed by atoms with Crippen LogP contribution in [0.1, 0.15) is 37.9 Å². The quantitative estimate of drug-likeness (QED) is 0.911. The number of nitrogens with one attached hydrogen (secondary N) is 1. The summed E-state index contributed by atoms with van der Waals surface area (Å²) in [5.41, 5.74) is 1.61. The van der Waals surface area contributed by atoms with E-state index in [0.717, 1.165) is 32.6 Å². The normalized spacial score (nSPS) is 24.7. The van der Waals surface area contributed by atoms with Crippen molar-refractivity contribution in [2.45, 2.75) is 39.0 Å². The number of nitrogens with zero attached hydrogens (tertiary/aromatic N) is 1. The van der Waals surface area contributed by atoms with Gasteiger partial charge in [-0.3, -0.25) is 0 Å². The van der Waals surface area contributed by atoms with Crippen LogP contribution in [0.2, 0.25) is 0 Å². The van der Waals surface area contributed by atoms with Crippen molar-refractivity contribution in [1.29, 1.82) is 0 Å². The summed E-state index contributed by atoms with van der Waals surface area (Å²) in [6.45, 7) is 9.41. The van der Waals surface area contributed by atoms with E-state index in [1.165, 1.54) is 10.7 Å². The Kier molecular flexibility index (Phi) is 4.09. The molecule has 0 aliphatic carbocycles. The maximum atomic E-state index is 5.60. The fourth-order valence-electron chi connectivity index (χ4n) is 2.42. The summed E-state index contributed by atoms with van der Waals surface area (Å²) >= 11 is 1.79. The molecule has 1 saturated heterocycles. The Hall–Kier alpha value is -0.450. The van der Waals surface area contributed by atoms with Crippen molar-refractivity contribution in [3.63, 3.8) is 0 Å². The molecule has 1 fully saturated rings. The zero-order valence-electron chi connectivity index (χ0n) is 11.9. The van der Waals surface area contributed by atoms with Crippen molar-refractivity contribution >= 4 is 11.3 Å². The summed E-state index contributed by atoms with van der Waals surface area (Å²) in [6.07, 6.45) is 2.17. The van der Waals surface area contributed by atoms with Crippen LogP contribution < -0.4 is 5.32 Å². The van der Waals surface area contributed by atoms with E-state index in [1.54, 1.807) is 11.3 Å². The first-order chi connectivity index (χ1) is 8.45. The Labute approximate surface area is 114 Å². The molecule has 4 heteroatoms. The molecule has 1 aromatic rings. The van der Waals surface area contributed by atoms with Crippen molar-refractivity contribution in [1.82, 2.24) is 10.3 Å². The van der Waals surface area contributed by atoms with E-state index in [-0.39, 0.29) is 10.8 Å². The first-order valence-corrected chi connectivity index (χ1v) is 7.50. The smallest absolute Gasteiger partial charge is 0.0935 e. The number of hydrogen-bond acceptors (Lipinski definition) is 4. The van der Waals surface area contributed by atoms with Gasteiger partial charge in [0.1, 0.15) is 0 Å². The second kappa shape index (κ2) is 5.27. The summed E-state index contributed by atoms with van der Waals surface area (Å²) in [6, 6.07) is 0. The average molecular weight is 268 g/mol. The second-order valence-corrected chi connectivity index (χ2v) is 7.33. The van der Waals surface area contributed by atoms with Crippen molar-refractivity contribution in [2.75, 3.05) is 26.8 Å². The highest BCUT2D eigenvalue weighted by molar-refractivity contribution is 7.09. The monoisotopic (exact) mass is 268 g/mol. The topological polar surface area (TPSA) is 34.2 Å². The van der Waals surface area contributed by atoms with Crippen LogP contribution >= 0.6 is 11.3 Å². The number of rotatable bonds is 4.